The number of alkyl halides is 7. The number of carboxylic acid groups (broad SMARTS) is 1. The fourth-order valence-corrected chi connectivity index (χ4v) is 8.22. The molecule has 1 atom stereocenters. The summed E-state index contributed by atoms with van der Waals surface area (Å²) < 4.78 is 121. The highest BCUT2D eigenvalue weighted by Gasteiger charge is 2.73. The molecule has 14 heteroatoms. The molecule has 0 aromatic heterocycles. The summed E-state index contributed by atoms with van der Waals surface area (Å²) in [7, 11) is -4.42. The van der Waals surface area contributed by atoms with Crippen molar-refractivity contribution < 1.29 is 53.8 Å². The van der Waals surface area contributed by atoms with Crippen LogP contribution in [0.2, 0.25) is 0 Å². The molecule has 1 amide bonds. The molecule has 2 aliphatic rings. The highest BCUT2D eigenvalue weighted by molar-refractivity contribution is 7.92. The van der Waals surface area contributed by atoms with Crippen LogP contribution in [0, 0.1) is 11.8 Å². The quantitative estimate of drug-likeness (QED) is 0.359. The number of likely N-dealkylation sites (tertiary alicyclic amines) is 1. The third-order valence-corrected chi connectivity index (χ3v) is 11.2. The average Bonchev–Trinajstić information content (AvgIpc) is 3.43. The van der Waals surface area contributed by atoms with Crippen molar-refractivity contribution in [1.82, 2.24) is 4.90 Å². The lowest BCUT2D eigenvalue weighted by Crippen LogP contribution is -2.50. The molecule has 1 aliphatic heterocycles. The minimum absolute atomic E-state index is 0.0791. The Morgan fingerprint density at radius 2 is 1.47 bits per heavy atom. The maximum Gasteiger partial charge on any atom is 0.435 e. The number of carboxylic acids is 1. The molecule has 0 radical (unpaired) electrons. The SMILES string of the molecule is CCc1cccc(S(=O)(=O)C2(c3ccc(C(F)(C(F)(F)F)C(F)(F)F)cc3)CCN(C(=O)[C@H]3CC[C@H](C(=O)O)CC3)C2)c1. The van der Waals surface area contributed by atoms with Gasteiger partial charge >= 0.3 is 24.0 Å². The van der Waals surface area contributed by atoms with Crippen molar-refractivity contribution in [3.05, 3.63) is 65.2 Å². The molecule has 1 aliphatic carbocycles. The van der Waals surface area contributed by atoms with Gasteiger partial charge in [-0.25, -0.2) is 12.8 Å². The Morgan fingerprint density at radius 3 is 1.98 bits per heavy atom. The van der Waals surface area contributed by atoms with Crippen LogP contribution in [0.25, 0.3) is 0 Å². The molecular weight excluding hydrogens is 607 g/mol. The standard InChI is InChI=1S/C29H30F7NO5S/c1-2-18-4-3-5-23(16-18)43(41,42)26(14-15-37(17-26)24(38)19-6-8-20(9-7-19)25(39)40)21-10-12-22(13-11-21)27(30,28(31,32)33)29(34,35)36/h3-5,10-13,16,19-20H,2,6-9,14-15,17H2,1H3,(H,39,40)/t19-,20-,26?. The maximum atomic E-state index is 14.7. The predicted octanol–water partition coefficient (Wildman–Crippen LogP) is 6.33. The molecule has 1 N–H and O–H groups in total. The fourth-order valence-electron chi connectivity index (χ4n) is 6.08. The number of rotatable bonds is 7. The minimum atomic E-state index is -6.34. The van der Waals surface area contributed by atoms with Gasteiger partial charge in [0.15, 0.2) is 9.84 Å². The number of carbonyl (C=O) groups excluding carboxylic acids is 1. The zero-order valence-corrected chi connectivity index (χ0v) is 23.8. The molecule has 2 aromatic carbocycles. The third-order valence-electron chi connectivity index (χ3n) is 8.69. The van der Waals surface area contributed by atoms with E-state index < -0.39 is 68.4 Å². The Balaban J connectivity index is 1.76. The molecule has 6 nitrogen and oxygen atoms in total. The number of hydrogen-bond donors (Lipinski definition) is 1. The van der Waals surface area contributed by atoms with E-state index in [0.29, 0.717) is 12.0 Å². The summed E-state index contributed by atoms with van der Waals surface area (Å²) in [5.74, 6) is -2.53. The summed E-state index contributed by atoms with van der Waals surface area (Å²) in [5, 5.41) is 9.25. The Labute approximate surface area is 243 Å². The van der Waals surface area contributed by atoms with Crippen LogP contribution in [0.3, 0.4) is 0 Å². The average molecular weight is 638 g/mol. The Morgan fingerprint density at radius 1 is 0.907 bits per heavy atom. The Kier molecular flexibility index (Phi) is 8.68. The van der Waals surface area contributed by atoms with Gasteiger partial charge in [-0.1, -0.05) is 43.3 Å². The second-order valence-electron chi connectivity index (χ2n) is 11.1. The van der Waals surface area contributed by atoms with Crippen molar-refractivity contribution in [2.45, 2.75) is 73.1 Å². The van der Waals surface area contributed by atoms with Gasteiger partial charge in [-0.05, 0) is 61.8 Å². The van der Waals surface area contributed by atoms with Crippen LogP contribution in [0.4, 0.5) is 30.7 Å². The van der Waals surface area contributed by atoms with Crippen molar-refractivity contribution in [1.29, 1.82) is 0 Å². The van der Waals surface area contributed by atoms with Crippen LogP contribution >= 0.6 is 0 Å². The van der Waals surface area contributed by atoms with Crippen LogP contribution in [0.15, 0.2) is 53.4 Å². The lowest BCUT2D eigenvalue weighted by atomic mass is 9.81. The van der Waals surface area contributed by atoms with Crippen LogP contribution in [-0.2, 0) is 36.3 Å². The van der Waals surface area contributed by atoms with Crippen LogP contribution in [0.5, 0.6) is 0 Å². The summed E-state index contributed by atoms with van der Waals surface area (Å²) in [4.78, 5) is 25.9. The van der Waals surface area contributed by atoms with Gasteiger partial charge in [0.2, 0.25) is 5.91 Å². The van der Waals surface area contributed by atoms with Gasteiger partial charge < -0.3 is 10.0 Å². The first-order valence-electron chi connectivity index (χ1n) is 13.7. The smallest absolute Gasteiger partial charge is 0.435 e. The van der Waals surface area contributed by atoms with Crippen LogP contribution in [-0.4, -0.2) is 55.7 Å². The van der Waals surface area contributed by atoms with Gasteiger partial charge in [-0.15, -0.1) is 0 Å². The van der Waals surface area contributed by atoms with E-state index in [1.54, 1.807) is 13.0 Å². The van der Waals surface area contributed by atoms with Crippen molar-refractivity contribution in [3.63, 3.8) is 0 Å². The number of halogens is 7. The van der Waals surface area contributed by atoms with Crippen LogP contribution in [0.1, 0.15) is 55.7 Å². The number of hydrogen-bond acceptors (Lipinski definition) is 4. The minimum Gasteiger partial charge on any atom is -0.481 e. The summed E-state index contributed by atoms with van der Waals surface area (Å²) in [6.45, 7) is 1.27. The molecule has 0 spiro atoms. The summed E-state index contributed by atoms with van der Waals surface area (Å²) in [5.41, 5.74) is -6.97. The first-order valence-corrected chi connectivity index (χ1v) is 15.2. The zero-order valence-electron chi connectivity index (χ0n) is 23.0. The molecule has 0 bridgehead atoms. The van der Waals surface area contributed by atoms with E-state index in [-0.39, 0.29) is 61.2 Å². The molecule has 1 unspecified atom stereocenters. The third kappa shape index (κ3) is 5.62. The molecule has 236 valence electrons. The van der Waals surface area contributed by atoms with Gasteiger partial charge in [0, 0.05) is 24.6 Å². The molecule has 4 rings (SSSR count). The number of nitrogens with zero attached hydrogens (tertiary/aromatic N) is 1. The molecule has 43 heavy (non-hydrogen) atoms. The van der Waals surface area contributed by atoms with E-state index in [2.05, 4.69) is 0 Å². The van der Waals surface area contributed by atoms with E-state index in [0.717, 1.165) is 12.1 Å². The van der Waals surface area contributed by atoms with Gasteiger partial charge in [0.05, 0.1) is 10.8 Å². The van der Waals surface area contributed by atoms with Crippen LogP contribution < -0.4 is 0 Å². The number of benzene rings is 2. The van der Waals surface area contributed by atoms with Gasteiger partial charge in [-0.3, -0.25) is 9.59 Å². The molecule has 1 saturated carbocycles. The highest BCUT2D eigenvalue weighted by atomic mass is 32.2. The zero-order chi connectivity index (χ0) is 32.0. The number of aliphatic carboxylic acids is 1. The molecule has 1 heterocycles. The Bertz CT molecular complexity index is 1450. The number of sulfone groups is 1. The Hall–Kier alpha value is -3.16. The second-order valence-corrected chi connectivity index (χ2v) is 13.4. The summed E-state index contributed by atoms with van der Waals surface area (Å²) in [6, 6.07) is 7.99. The first-order chi connectivity index (χ1) is 19.9. The van der Waals surface area contributed by atoms with E-state index in [9.17, 15) is 53.8 Å². The maximum absolute atomic E-state index is 14.7. The van der Waals surface area contributed by atoms with Crippen molar-refractivity contribution in [2.75, 3.05) is 13.1 Å². The van der Waals surface area contributed by atoms with Crippen molar-refractivity contribution >= 4 is 21.7 Å². The van der Waals surface area contributed by atoms with Gasteiger partial charge in [0.25, 0.3) is 0 Å². The largest absolute Gasteiger partial charge is 0.481 e. The second kappa shape index (κ2) is 11.4. The predicted molar refractivity (Wildman–Crippen MR) is 140 cm³/mol. The van der Waals surface area contributed by atoms with E-state index in [1.807, 2.05) is 0 Å². The van der Waals surface area contributed by atoms with Crippen molar-refractivity contribution in [2.24, 2.45) is 11.8 Å². The topological polar surface area (TPSA) is 91.8 Å². The van der Waals surface area contributed by atoms with Gasteiger partial charge in [-0.2, -0.15) is 26.3 Å². The van der Waals surface area contributed by atoms with Gasteiger partial charge in [0.1, 0.15) is 4.75 Å². The molecule has 1 saturated heterocycles. The van der Waals surface area contributed by atoms with E-state index in [4.69, 9.17) is 0 Å². The lowest BCUT2D eigenvalue weighted by molar-refractivity contribution is -0.348. The molecular formula is C29H30F7NO5S. The monoisotopic (exact) mass is 637 g/mol. The summed E-state index contributed by atoms with van der Waals surface area (Å²) >= 11 is 0. The summed E-state index contributed by atoms with van der Waals surface area (Å²) in [6.07, 6.45) is -11.4. The lowest BCUT2D eigenvalue weighted by Gasteiger charge is -2.33. The molecule has 2 aromatic rings. The van der Waals surface area contributed by atoms with E-state index >= 15 is 0 Å². The number of aryl methyl sites for hydroxylation is 1. The normalized spacial score (nSPS) is 23.8. The van der Waals surface area contributed by atoms with Crippen molar-refractivity contribution in [3.8, 4) is 0 Å². The first kappa shape index (κ1) is 32.7. The number of carbonyl (C=O) groups is 2. The highest BCUT2D eigenvalue weighted by Crippen LogP contribution is 2.54. The fraction of sp³-hybridized carbons (Fsp3) is 0.517. The van der Waals surface area contributed by atoms with E-state index in [1.165, 1.54) is 23.1 Å². The molecule has 2 fully saturated rings. The number of amides is 1.